The molecule has 4 saturated heterocycles. The lowest BCUT2D eigenvalue weighted by molar-refractivity contribution is -0.337. The van der Waals surface area contributed by atoms with Gasteiger partial charge in [0.15, 0.2) is 41.8 Å². The van der Waals surface area contributed by atoms with Crippen molar-refractivity contribution in [3.8, 4) is 40.9 Å². The first-order valence-corrected chi connectivity index (χ1v) is 50.3. The maximum atomic E-state index is 14.4. The van der Waals surface area contributed by atoms with Crippen molar-refractivity contribution in [2.24, 2.45) is 17.4 Å². The number of hydrogen-bond donors (Lipinski definition) is 18. The molecule has 43 nitrogen and oxygen atoms in total. The Morgan fingerprint density at radius 2 is 1.42 bits per heavy atom. The van der Waals surface area contributed by atoms with Crippen LogP contribution in [0.4, 0.5) is 20.1 Å². The highest BCUT2D eigenvalue weighted by molar-refractivity contribution is 14.1. The van der Waals surface area contributed by atoms with Crippen LogP contribution in [-0.2, 0) is 97.1 Å². The van der Waals surface area contributed by atoms with Gasteiger partial charge in [0.2, 0.25) is 41.6 Å². The lowest BCUT2D eigenvalue weighted by Gasteiger charge is -2.47. The van der Waals surface area contributed by atoms with Crippen LogP contribution in [0.5, 0.6) is 17.2 Å². The highest BCUT2D eigenvalue weighted by Crippen LogP contribution is 2.49. The van der Waals surface area contributed by atoms with E-state index in [9.17, 15) is 73.8 Å². The van der Waals surface area contributed by atoms with E-state index in [0.29, 0.717) is 52.7 Å². The van der Waals surface area contributed by atoms with E-state index >= 15 is 0 Å². The first kappa shape index (κ1) is 116. The Bertz CT molecular complexity index is 4680. The predicted molar refractivity (Wildman–Crippen MR) is 523 cm³/mol. The number of nitrogens with two attached hydrogens (primary N) is 2. The van der Waals surface area contributed by atoms with Crippen LogP contribution < -0.4 is 73.7 Å². The standard InChI is InChI=1S/C92H137IN12O31S3/c1-16-105(45-65(109)96-35-37-126-39-40-127-38-36-98-90(118)129-46-55-27-29-56(30-28-55)100-83(113)59(25-23-34-97-89(95)117)101-85(115)71(48(2)3)102-84(114)58(99-54(10)106)24-20-22-33-94)60-47-128-66(43-64(60)121-11)134-80-75(111)72(51(7)131-88(80)133-63-26-19-17-18-21-32-92(120)44-62(108)73(103-91(119)125-15)69(63)57(92)31-41-137-139-49(4)5)104-136-67-42-61(107)82(53(9)130-67)138-86(116)68-50(6)70(93)78(81(124-14)77(68)122-12)135-87-76(112)79(123-13)74(110)52(8)132-87/h17-18,27-31,48-49,51-53,58-61,63-64,66-67,71-72,74-76,79-80,82,87-88,104,107,110-112,116,120,138H,16,20,22-25,33-47,94H2,1-15H3,(H,96,109)(H,98,118)(H,99,106)(H,100,113)(H,101,115)(H,102,114)(H,103,119)(H3,95,97,117)/b18-17?,57-31+/t51-,52+,53-,58+,59+,60+,61+,63+,64+,66+,67+,71+,72-,74+,75+,76-,79-,80-,82-,87+,88+,92+/m1/s1. The molecule has 19 N–H and O–H groups in total. The van der Waals surface area contributed by atoms with E-state index in [1.54, 1.807) is 82.7 Å². The molecule has 0 spiro atoms. The molecule has 2 aliphatic carbocycles. The van der Waals surface area contributed by atoms with Gasteiger partial charge in [-0.1, -0.05) is 98.1 Å². The number of methoxy groups -OCH3 is 5. The number of likely N-dealkylation sites (N-methyl/N-ethyl adjacent to an activating group) is 1. The second kappa shape index (κ2) is 58.0. The van der Waals surface area contributed by atoms with Gasteiger partial charge in [-0.05, 0) is 137 Å². The van der Waals surface area contributed by atoms with Gasteiger partial charge < -0.3 is 150 Å². The lowest BCUT2D eigenvalue weighted by atomic mass is 9.75. The summed E-state index contributed by atoms with van der Waals surface area (Å²) in [5.41, 5.74) is 13.0. The third-order valence-electron chi connectivity index (χ3n) is 23.3. The fourth-order valence-corrected chi connectivity index (χ4v) is 19.7. The fraction of sp³-hybridized carbons (Fsp3) is 0.652. The van der Waals surface area contributed by atoms with Gasteiger partial charge in [0, 0.05) is 81.5 Å². The van der Waals surface area contributed by atoms with Crippen LogP contribution in [0, 0.1) is 40.1 Å². The minimum Gasteiger partial charge on any atom is -0.492 e. The van der Waals surface area contributed by atoms with Gasteiger partial charge in [0.05, 0.1) is 130 Å². The van der Waals surface area contributed by atoms with E-state index in [2.05, 4.69) is 71.7 Å². The SMILES string of the molecule is CCN(CC(=O)NCCOCCOCCNC(=O)OCc1ccc(NC(=O)[C@H](CCCNC(N)=O)NC(=O)[C@@H](NC(=O)[C@H](CCCCN)NC(C)=O)C(C)C)cc1)[C@H]1CO[C@@H](O[C@H]2[C@H](O[C@H]3C#CC=CC#C[C@]4(O)CC(=O)C(NC(=O)OC)=C3/C4=C\CSSC(C)C)O[C@H](C)[C@@H](NO[C@H]3C[C@H](O)[C@H]([SH]=C(O)c4c(C)c(I)c(O[C@@H]5O[C@@H](C)[C@H](O)[C@@H](OC)[C@H]5O)c(OC)c4OC)[C@@H](C)O3)[C@@H]2O)C[C@@H]1OC. The fourth-order valence-electron chi connectivity index (χ4n) is 16.0. The Hall–Kier alpha value is -8.14. The Kier molecular flexibility index (Phi) is 48.4. The zero-order valence-corrected chi connectivity index (χ0v) is 85.5. The Morgan fingerprint density at radius 1 is 0.741 bits per heavy atom. The number of ether oxygens (including phenoxy) is 15. The molecule has 2 bridgehead atoms. The van der Waals surface area contributed by atoms with Gasteiger partial charge in [-0.3, -0.25) is 43.8 Å². The summed E-state index contributed by atoms with van der Waals surface area (Å²) in [5, 5.41) is 92.0. The van der Waals surface area contributed by atoms with Crippen molar-refractivity contribution in [1.82, 2.24) is 47.6 Å². The summed E-state index contributed by atoms with van der Waals surface area (Å²) < 4.78 is 90.8. The number of aliphatic hydroxyl groups is 6. The second-order valence-electron chi connectivity index (χ2n) is 34.0. The molecule has 0 aromatic heterocycles. The number of urea groups is 1. The zero-order valence-electron chi connectivity index (χ0n) is 80.8. The number of ketones is 1. The van der Waals surface area contributed by atoms with Gasteiger partial charge in [-0.2, -0.15) is 16.8 Å². The molecule has 6 aliphatic rings. The third kappa shape index (κ3) is 34.0. The highest BCUT2D eigenvalue weighted by Gasteiger charge is 2.53. The molecular formula is C92H137IN12O31S3. The van der Waals surface area contributed by atoms with Crippen LogP contribution in [0.3, 0.4) is 0 Å². The van der Waals surface area contributed by atoms with Gasteiger partial charge in [0.1, 0.15) is 66.4 Å². The van der Waals surface area contributed by atoms with Gasteiger partial charge in [-0.25, -0.2) is 14.4 Å². The first-order chi connectivity index (χ1) is 66.3. The van der Waals surface area contributed by atoms with E-state index in [1.807, 2.05) is 48.3 Å². The molecule has 2 aromatic carbocycles. The lowest BCUT2D eigenvalue weighted by Crippen LogP contribution is -2.65. The van der Waals surface area contributed by atoms with E-state index in [1.165, 1.54) is 58.3 Å². The summed E-state index contributed by atoms with van der Waals surface area (Å²) in [7, 11) is 9.73. The molecule has 0 unspecified atom stereocenters. The molecule has 9 amide bonds. The monoisotopic (exact) mass is 2130 g/mol. The van der Waals surface area contributed by atoms with Gasteiger partial charge in [-0.15, -0.1) is 0 Å². The number of anilines is 1. The summed E-state index contributed by atoms with van der Waals surface area (Å²) in [6, 6.07) is 0.790. The quantitative estimate of drug-likeness (QED) is 0.00860. The average Bonchev–Trinajstić information content (AvgIpc) is 0.745. The molecule has 4 fully saturated rings. The average molecular weight is 2130 g/mol. The summed E-state index contributed by atoms with van der Waals surface area (Å²) in [5.74, 6) is 8.30. The highest BCUT2D eigenvalue weighted by atomic mass is 127. The van der Waals surface area contributed by atoms with Crippen molar-refractivity contribution >= 4 is 120 Å². The number of nitrogens with one attached hydrogen (secondary N) is 9. The molecule has 0 saturated carbocycles. The van der Waals surface area contributed by atoms with E-state index in [0.717, 1.165) is 7.11 Å². The minimum absolute atomic E-state index is 0.00977. The number of amides is 9. The number of benzene rings is 2. The van der Waals surface area contributed by atoms with Crippen LogP contribution in [0.25, 0.3) is 0 Å². The van der Waals surface area contributed by atoms with Crippen LogP contribution >= 0.6 is 55.5 Å². The van der Waals surface area contributed by atoms with E-state index in [4.69, 9.17) is 87.4 Å². The number of rotatable bonds is 51. The summed E-state index contributed by atoms with van der Waals surface area (Å²) in [4.78, 5) is 126. The number of Topliss-reactive ketones (excluding diaryl/α,β-unsaturated/α-hetero) is 1. The normalized spacial score (nSPS) is 26.8. The minimum atomic E-state index is -2.14. The number of hydroxylamine groups is 1. The molecule has 4 aliphatic heterocycles. The van der Waals surface area contributed by atoms with Crippen molar-refractivity contribution in [3.05, 3.63) is 79.6 Å². The van der Waals surface area contributed by atoms with Crippen molar-refractivity contribution < 1.29 is 150 Å². The number of alkyl carbamates (subject to hydrolysis) is 2. The smallest absolute Gasteiger partial charge is 0.411 e. The summed E-state index contributed by atoms with van der Waals surface area (Å²) in [6.45, 7) is 18.6. The molecule has 22 atom stereocenters. The van der Waals surface area contributed by atoms with Gasteiger partial charge >= 0.3 is 18.2 Å². The maximum absolute atomic E-state index is 14.4. The second-order valence-corrected chi connectivity index (χ2v) is 39.4. The topological polar surface area (TPSA) is 586 Å². The number of nitrogens with zero attached hydrogens (tertiary/aromatic N) is 1. The number of aliphatic hydroxyl groups excluding tert-OH is 5. The Balaban J connectivity index is 0.859. The summed E-state index contributed by atoms with van der Waals surface area (Å²) in [6.07, 6.45) is -14.5. The number of fused-ring (bicyclic) bond motifs is 2. The van der Waals surface area contributed by atoms with E-state index in [-0.39, 0.29) is 164 Å². The number of carbonyl (C=O) groups is 9. The Morgan fingerprint density at radius 3 is 2.06 bits per heavy atom. The molecule has 2 aromatic rings. The summed E-state index contributed by atoms with van der Waals surface area (Å²) >= 11 is 2.22. The van der Waals surface area contributed by atoms with Crippen LogP contribution in [0.2, 0.25) is 0 Å². The third-order valence-corrected chi connectivity index (χ3v) is 28.9. The zero-order chi connectivity index (χ0) is 102. The van der Waals surface area contributed by atoms with Crippen molar-refractivity contribution in [2.45, 2.75) is 266 Å². The number of allylic oxidation sites excluding steroid dienone is 3. The molecule has 139 heavy (non-hydrogen) atoms. The molecular weight excluding hydrogens is 1990 g/mol. The largest absolute Gasteiger partial charge is 0.492 e. The van der Waals surface area contributed by atoms with Gasteiger partial charge in [0.25, 0.3) is 0 Å². The molecule has 776 valence electrons. The first-order valence-electron chi connectivity index (χ1n) is 45.9. The van der Waals surface area contributed by atoms with Crippen molar-refractivity contribution in [2.75, 3.05) is 119 Å². The van der Waals surface area contributed by atoms with Crippen molar-refractivity contribution in [3.63, 3.8) is 0 Å². The van der Waals surface area contributed by atoms with E-state index < -0.39 is 193 Å². The maximum Gasteiger partial charge on any atom is 0.411 e. The number of primary amides is 1. The molecule has 8 rings (SSSR count). The predicted octanol–water partition coefficient (Wildman–Crippen LogP) is 2.39. The number of unbranched alkanes of at least 4 members (excludes halogenated alkanes) is 1. The van der Waals surface area contributed by atoms with Crippen molar-refractivity contribution in [1.29, 1.82) is 0 Å². The molecule has 4 heterocycles. The number of hydrogen-bond acceptors (Lipinski definition) is 35. The molecule has 47 heteroatoms. The molecule has 0 radical (unpaired) electrons. The number of halogens is 1. The van der Waals surface area contributed by atoms with Crippen LogP contribution in [0.15, 0.2) is 59.3 Å². The Labute approximate surface area is 834 Å². The number of carbonyl (C=O) groups excluding carboxylic acids is 9. The number of thiol groups is 1. The van der Waals surface area contributed by atoms with Crippen LogP contribution in [0.1, 0.15) is 130 Å². The van der Waals surface area contributed by atoms with Crippen LogP contribution in [-0.4, -0.2) is 346 Å².